The molecule has 3 rings (SSSR count). The van der Waals surface area contributed by atoms with Crippen LogP contribution in [0.15, 0.2) is 66.9 Å². The van der Waals surface area contributed by atoms with E-state index in [1.165, 1.54) is 0 Å². The summed E-state index contributed by atoms with van der Waals surface area (Å²) in [5, 5.41) is 0. The first-order valence-electron chi connectivity index (χ1n) is 6.07. The largest absolute Gasteiger partial charge is 0.458 e. The molecule has 0 unspecified atom stereocenters. The normalized spacial score (nSPS) is 13.7. The first kappa shape index (κ1) is 11.5. The van der Waals surface area contributed by atoms with Gasteiger partial charge in [0, 0.05) is 5.56 Å². The van der Waals surface area contributed by atoms with Crippen LogP contribution in [0.3, 0.4) is 0 Å². The average molecular weight is 251 g/mol. The Labute approximate surface area is 111 Å². The molecular weight excluding hydrogens is 238 g/mol. The van der Waals surface area contributed by atoms with Crippen LogP contribution in [0.1, 0.15) is 10.4 Å². The molecular formula is C16H13NO2. The fourth-order valence-electron chi connectivity index (χ4n) is 2.13. The van der Waals surface area contributed by atoms with Gasteiger partial charge in [0.25, 0.3) is 5.91 Å². The van der Waals surface area contributed by atoms with Gasteiger partial charge in [0.15, 0.2) is 5.75 Å². The smallest absolute Gasteiger partial charge is 0.258 e. The van der Waals surface area contributed by atoms with E-state index in [2.05, 4.69) is 6.58 Å². The van der Waals surface area contributed by atoms with Crippen molar-refractivity contribution < 1.29 is 9.53 Å². The molecule has 94 valence electrons. The van der Waals surface area contributed by atoms with Crippen molar-refractivity contribution in [3.63, 3.8) is 0 Å². The van der Waals surface area contributed by atoms with Crippen LogP contribution in [-0.4, -0.2) is 12.5 Å². The minimum absolute atomic E-state index is 0.0440. The van der Waals surface area contributed by atoms with Gasteiger partial charge in [0.05, 0.1) is 12.2 Å². The van der Waals surface area contributed by atoms with Crippen LogP contribution < -0.4 is 9.64 Å². The van der Waals surface area contributed by atoms with Crippen LogP contribution >= 0.6 is 0 Å². The molecule has 0 radical (unpaired) electrons. The number of para-hydroxylation sites is 2. The molecule has 2 aromatic carbocycles. The molecule has 0 N–H and O–H groups in total. The van der Waals surface area contributed by atoms with Crippen molar-refractivity contribution in [2.75, 3.05) is 11.4 Å². The fourth-order valence-corrected chi connectivity index (χ4v) is 2.13. The molecule has 0 saturated heterocycles. The number of nitrogens with zero attached hydrogens (tertiary/aromatic N) is 1. The lowest BCUT2D eigenvalue weighted by molar-refractivity contribution is 0.0983. The quantitative estimate of drug-likeness (QED) is 0.778. The van der Waals surface area contributed by atoms with Crippen LogP contribution in [0.25, 0.3) is 0 Å². The van der Waals surface area contributed by atoms with Gasteiger partial charge in [-0.2, -0.15) is 0 Å². The third kappa shape index (κ3) is 2.10. The summed E-state index contributed by atoms with van der Waals surface area (Å²) in [5.41, 5.74) is 1.44. The Morgan fingerprint density at radius 2 is 1.74 bits per heavy atom. The Kier molecular flexibility index (Phi) is 2.80. The molecule has 1 aliphatic heterocycles. The Balaban J connectivity index is 2.02. The summed E-state index contributed by atoms with van der Waals surface area (Å²) in [7, 11) is 0. The highest BCUT2D eigenvalue weighted by Crippen LogP contribution is 2.34. The number of fused-ring (bicyclic) bond motifs is 1. The van der Waals surface area contributed by atoms with Gasteiger partial charge in [-0.1, -0.05) is 36.9 Å². The maximum atomic E-state index is 12.5. The average Bonchev–Trinajstić information content (AvgIpc) is 2.46. The van der Waals surface area contributed by atoms with E-state index in [9.17, 15) is 4.79 Å². The summed E-state index contributed by atoms with van der Waals surface area (Å²) in [5.74, 6) is 1.20. The number of carbonyl (C=O) groups is 1. The molecule has 0 fully saturated rings. The third-order valence-electron chi connectivity index (χ3n) is 3.01. The van der Waals surface area contributed by atoms with E-state index in [0.29, 0.717) is 23.6 Å². The first-order valence-corrected chi connectivity index (χ1v) is 6.07. The maximum absolute atomic E-state index is 12.5. The van der Waals surface area contributed by atoms with Crippen LogP contribution in [0, 0.1) is 0 Å². The molecule has 0 spiro atoms. The minimum Gasteiger partial charge on any atom is -0.458 e. The SMILES string of the molecule is C=C1CN(C(=O)c2ccccc2)c2ccccc2O1. The molecule has 0 bridgehead atoms. The van der Waals surface area contributed by atoms with E-state index < -0.39 is 0 Å². The van der Waals surface area contributed by atoms with Crippen LogP contribution in [0.2, 0.25) is 0 Å². The summed E-state index contributed by atoms with van der Waals surface area (Å²) in [6.45, 7) is 4.20. The topological polar surface area (TPSA) is 29.5 Å². The molecule has 3 nitrogen and oxygen atoms in total. The van der Waals surface area contributed by atoms with E-state index in [1.54, 1.807) is 4.90 Å². The molecule has 0 saturated carbocycles. The molecule has 1 aliphatic rings. The first-order chi connectivity index (χ1) is 9.25. The highest BCUT2D eigenvalue weighted by atomic mass is 16.5. The second-order valence-corrected chi connectivity index (χ2v) is 4.37. The Bertz CT molecular complexity index is 634. The molecule has 0 atom stereocenters. The van der Waals surface area contributed by atoms with E-state index in [-0.39, 0.29) is 5.91 Å². The van der Waals surface area contributed by atoms with E-state index >= 15 is 0 Å². The molecule has 2 aromatic rings. The summed E-state index contributed by atoms with van der Waals surface area (Å²) in [4.78, 5) is 14.2. The zero-order valence-electron chi connectivity index (χ0n) is 10.4. The zero-order chi connectivity index (χ0) is 13.2. The molecule has 0 aromatic heterocycles. The summed E-state index contributed by atoms with van der Waals surface area (Å²) in [6, 6.07) is 16.7. The van der Waals surface area contributed by atoms with Crippen LogP contribution in [-0.2, 0) is 0 Å². The molecule has 0 aliphatic carbocycles. The second kappa shape index (κ2) is 4.61. The highest BCUT2D eigenvalue weighted by molar-refractivity contribution is 6.07. The van der Waals surface area contributed by atoms with Gasteiger partial charge in [0.2, 0.25) is 0 Å². The number of hydrogen-bond donors (Lipinski definition) is 0. The predicted molar refractivity (Wildman–Crippen MR) is 74.3 cm³/mol. The molecule has 1 amide bonds. The molecule has 3 heteroatoms. The van der Waals surface area contributed by atoms with Gasteiger partial charge in [0.1, 0.15) is 5.76 Å². The standard InChI is InChI=1S/C16H13NO2/c1-12-11-17(14-9-5-6-10-15(14)19-12)16(18)13-7-3-2-4-8-13/h2-10H,1,11H2. The monoisotopic (exact) mass is 251 g/mol. The van der Waals surface area contributed by atoms with Gasteiger partial charge < -0.3 is 4.74 Å². The number of rotatable bonds is 1. The summed E-state index contributed by atoms with van der Waals surface area (Å²) >= 11 is 0. The van der Waals surface area contributed by atoms with E-state index in [0.717, 1.165) is 5.69 Å². The third-order valence-corrected chi connectivity index (χ3v) is 3.01. The van der Waals surface area contributed by atoms with Crippen LogP contribution in [0.4, 0.5) is 5.69 Å². The summed E-state index contributed by atoms with van der Waals surface area (Å²) in [6.07, 6.45) is 0. The van der Waals surface area contributed by atoms with Gasteiger partial charge in [-0.25, -0.2) is 0 Å². The number of benzene rings is 2. The van der Waals surface area contributed by atoms with Crippen molar-refractivity contribution in [2.45, 2.75) is 0 Å². The minimum atomic E-state index is -0.0440. The Morgan fingerprint density at radius 3 is 2.53 bits per heavy atom. The lowest BCUT2D eigenvalue weighted by Crippen LogP contribution is -2.36. The van der Waals surface area contributed by atoms with Crippen molar-refractivity contribution in [3.8, 4) is 5.75 Å². The predicted octanol–water partition coefficient (Wildman–Crippen LogP) is 3.24. The maximum Gasteiger partial charge on any atom is 0.258 e. The number of hydrogen-bond acceptors (Lipinski definition) is 2. The Morgan fingerprint density at radius 1 is 1.05 bits per heavy atom. The second-order valence-electron chi connectivity index (χ2n) is 4.37. The van der Waals surface area contributed by atoms with Crippen molar-refractivity contribution >= 4 is 11.6 Å². The summed E-state index contributed by atoms with van der Waals surface area (Å²) < 4.78 is 5.56. The van der Waals surface area contributed by atoms with E-state index in [1.807, 2.05) is 54.6 Å². The van der Waals surface area contributed by atoms with Crippen LogP contribution in [0.5, 0.6) is 5.75 Å². The van der Waals surface area contributed by atoms with Gasteiger partial charge in [-0.15, -0.1) is 0 Å². The number of anilines is 1. The zero-order valence-corrected chi connectivity index (χ0v) is 10.4. The molecule has 1 heterocycles. The van der Waals surface area contributed by atoms with Crippen molar-refractivity contribution in [2.24, 2.45) is 0 Å². The highest BCUT2D eigenvalue weighted by Gasteiger charge is 2.26. The van der Waals surface area contributed by atoms with Crippen molar-refractivity contribution in [3.05, 3.63) is 72.5 Å². The lowest BCUT2D eigenvalue weighted by atomic mass is 10.1. The number of amides is 1. The van der Waals surface area contributed by atoms with Gasteiger partial charge >= 0.3 is 0 Å². The Hall–Kier alpha value is -2.55. The number of carbonyl (C=O) groups excluding carboxylic acids is 1. The van der Waals surface area contributed by atoms with Crippen molar-refractivity contribution in [1.29, 1.82) is 0 Å². The van der Waals surface area contributed by atoms with E-state index in [4.69, 9.17) is 4.74 Å². The number of ether oxygens (including phenoxy) is 1. The van der Waals surface area contributed by atoms with Gasteiger partial charge in [-0.3, -0.25) is 9.69 Å². The van der Waals surface area contributed by atoms with Crippen molar-refractivity contribution in [1.82, 2.24) is 0 Å². The van der Waals surface area contributed by atoms with Gasteiger partial charge in [-0.05, 0) is 24.3 Å². The molecule has 19 heavy (non-hydrogen) atoms. The fraction of sp³-hybridized carbons (Fsp3) is 0.0625. The lowest BCUT2D eigenvalue weighted by Gasteiger charge is -2.30.